The van der Waals surface area contributed by atoms with Gasteiger partial charge in [0, 0.05) is 0 Å². The van der Waals surface area contributed by atoms with Crippen LogP contribution in [0.2, 0.25) is 0 Å². The van der Waals surface area contributed by atoms with Gasteiger partial charge in [0.2, 0.25) is 0 Å². The zero-order valence-corrected chi connectivity index (χ0v) is 7.48. The standard InChI is InChI=1S/C9H9NOS/c1-5-2-3-6-4-7(10)12-9(6)8(5)11/h2-4,11H,10H2,1H3. The van der Waals surface area contributed by atoms with Crippen LogP contribution in [0.25, 0.3) is 10.1 Å². The predicted octanol–water partition coefficient (Wildman–Crippen LogP) is 2.50. The Morgan fingerprint density at radius 3 is 2.92 bits per heavy atom. The van der Waals surface area contributed by atoms with Crippen molar-refractivity contribution in [2.45, 2.75) is 6.92 Å². The number of benzene rings is 1. The highest BCUT2D eigenvalue weighted by atomic mass is 32.1. The van der Waals surface area contributed by atoms with Crippen LogP contribution in [0.3, 0.4) is 0 Å². The molecule has 1 heterocycles. The Hall–Kier alpha value is -1.22. The van der Waals surface area contributed by atoms with E-state index >= 15 is 0 Å². The van der Waals surface area contributed by atoms with Crippen LogP contribution in [-0.2, 0) is 0 Å². The van der Waals surface area contributed by atoms with Crippen molar-refractivity contribution in [3.63, 3.8) is 0 Å². The Bertz CT molecular complexity index is 433. The van der Waals surface area contributed by atoms with E-state index < -0.39 is 0 Å². The summed E-state index contributed by atoms with van der Waals surface area (Å²) in [5, 5.41) is 11.4. The van der Waals surface area contributed by atoms with Gasteiger partial charge >= 0.3 is 0 Å². The summed E-state index contributed by atoms with van der Waals surface area (Å²) in [4.78, 5) is 0. The molecule has 0 spiro atoms. The lowest BCUT2D eigenvalue weighted by molar-refractivity contribution is 0.478. The monoisotopic (exact) mass is 179 g/mol. The Balaban J connectivity index is 2.89. The van der Waals surface area contributed by atoms with E-state index in [1.54, 1.807) is 0 Å². The number of hydrogen-bond donors (Lipinski definition) is 2. The predicted molar refractivity (Wildman–Crippen MR) is 52.6 cm³/mol. The van der Waals surface area contributed by atoms with E-state index in [4.69, 9.17) is 5.73 Å². The molecule has 0 fully saturated rings. The minimum Gasteiger partial charge on any atom is -0.506 e. The van der Waals surface area contributed by atoms with Crippen LogP contribution in [0.4, 0.5) is 5.00 Å². The van der Waals surface area contributed by atoms with Crippen LogP contribution in [0.1, 0.15) is 5.56 Å². The molecule has 0 aliphatic rings. The quantitative estimate of drug-likeness (QED) is 0.652. The SMILES string of the molecule is Cc1ccc2cc(N)sc2c1O. The molecule has 3 heteroatoms. The fourth-order valence-electron chi connectivity index (χ4n) is 1.21. The van der Waals surface area contributed by atoms with Gasteiger partial charge in [-0.05, 0) is 23.9 Å². The van der Waals surface area contributed by atoms with Crippen LogP contribution in [0.5, 0.6) is 5.75 Å². The molecule has 2 nitrogen and oxygen atoms in total. The van der Waals surface area contributed by atoms with E-state index in [2.05, 4.69) is 0 Å². The number of fused-ring (bicyclic) bond motifs is 1. The number of anilines is 1. The van der Waals surface area contributed by atoms with Crippen LogP contribution in [-0.4, -0.2) is 5.11 Å². The van der Waals surface area contributed by atoms with Crippen molar-refractivity contribution < 1.29 is 5.11 Å². The molecule has 0 aliphatic carbocycles. The minimum absolute atomic E-state index is 0.356. The summed E-state index contributed by atoms with van der Waals surface area (Å²) in [5.74, 6) is 0.356. The molecule has 0 saturated heterocycles. The molecule has 2 aromatic rings. The summed E-state index contributed by atoms with van der Waals surface area (Å²) in [7, 11) is 0. The van der Waals surface area contributed by atoms with Gasteiger partial charge in [-0.2, -0.15) is 0 Å². The molecule has 12 heavy (non-hydrogen) atoms. The normalized spacial score (nSPS) is 10.8. The molecule has 0 saturated carbocycles. The van der Waals surface area contributed by atoms with Crippen molar-refractivity contribution in [3.8, 4) is 5.75 Å². The Morgan fingerprint density at radius 1 is 1.42 bits per heavy atom. The fraction of sp³-hybridized carbons (Fsp3) is 0.111. The van der Waals surface area contributed by atoms with Crippen LogP contribution in [0.15, 0.2) is 18.2 Å². The Morgan fingerprint density at radius 2 is 2.17 bits per heavy atom. The second-order valence-electron chi connectivity index (χ2n) is 2.80. The number of rotatable bonds is 0. The number of aromatic hydroxyl groups is 1. The first-order valence-corrected chi connectivity index (χ1v) is 4.48. The highest BCUT2D eigenvalue weighted by Gasteiger charge is 2.05. The maximum absolute atomic E-state index is 9.63. The number of thiophene rings is 1. The number of hydrogen-bond acceptors (Lipinski definition) is 3. The average molecular weight is 179 g/mol. The van der Waals surface area contributed by atoms with Crippen LogP contribution >= 0.6 is 11.3 Å². The van der Waals surface area contributed by atoms with Crippen molar-refractivity contribution in [1.29, 1.82) is 0 Å². The maximum atomic E-state index is 9.63. The Kier molecular flexibility index (Phi) is 1.48. The average Bonchev–Trinajstić information content (AvgIpc) is 2.39. The molecule has 0 radical (unpaired) electrons. The smallest absolute Gasteiger partial charge is 0.136 e. The summed E-state index contributed by atoms with van der Waals surface area (Å²) < 4.78 is 0.882. The molecule has 0 aliphatic heterocycles. The van der Waals surface area contributed by atoms with Crippen molar-refractivity contribution >= 4 is 26.4 Å². The van der Waals surface area contributed by atoms with Crippen molar-refractivity contribution in [2.24, 2.45) is 0 Å². The molecule has 0 bridgehead atoms. The largest absolute Gasteiger partial charge is 0.506 e. The second-order valence-corrected chi connectivity index (χ2v) is 3.88. The number of phenolic OH excluding ortho intramolecular Hbond substituents is 1. The van der Waals surface area contributed by atoms with Gasteiger partial charge in [-0.1, -0.05) is 12.1 Å². The molecule has 1 aromatic heterocycles. The summed E-state index contributed by atoms with van der Waals surface area (Å²) in [6.07, 6.45) is 0. The number of aryl methyl sites for hydroxylation is 1. The first kappa shape index (κ1) is 7.43. The number of nitrogens with two attached hydrogens (primary N) is 1. The number of phenols is 1. The molecule has 2 rings (SSSR count). The van der Waals surface area contributed by atoms with E-state index in [0.717, 1.165) is 20.7 Å². The molecule has 3 N–H and O–H groups in total. The molecule has 62 valence electrons. The van der Waals surface area contributed by atoms with Gasteiger partial charge in [-0.3, -0.25) is 0 Å². The van der Waals surface area contributed by atoms with E-state index in [1.165, 1.54) is 11.3 Å². The van der Waals surface area contributed by atoms with Crippen LogP contribution in [0, 0.1) is 6.92 Å². The topological polar surface area (TPSA) is 46.2 Å². The van der Waals surface area contributed by atoms with Gasteiger partial charge in [0.25, 0.3) is 0 Å². The molecule has 0 amide bonds. The number of nitrogen functional groups attached to an aromatic ring is 1. The zero-order valence-electron chi connectivity index (χ0n) is 6.66. The summed E-state index contributed by atoms with van der Waals surface area (Å²) in [5.41, 5.74) is 6.51. The summed E-state index contributed by atoms with van der Waals surface area (Å²) >= 11 is 1.42. The molecule has 0 atom stereocenters. The highest BCUT2D eigenvalue weighted by molar-refractivity contribution is 7.23. The van der Waals surface area contributed by atoms with Gasteiger partial charge in [0.15, 0.2) is 0 Å². The van der Waals surface area contributed by atoms with Crippen molar-refractivity contribution in [3.05, 3.63) is 23.8 Å². The van der Waals surface area contributed by atoms with E-state index in [1.807, 2.05) is 25.1 Å². The summed E-state index contributed by atoms with van der Waals surface area (Å²) in [6, 6.07) is 5.74. The third kappa shape index (κ3) is 0.940. The van der Waals surface area contributed by atoms with Gasteiger partial charge in [0.05, 0.1) is 9.70 Å². The van der Waals surface area contributed by atoms with E-state index in [9.17, 15) is 5.11 Å². The Labute approximate surface area is 74.3 Å². The highest BCUT2D eigenvalue weighted by Crippen LogP contribution is 2.36. The second kappa shape index (κ2) is 2.38. The van der Waals surface area contributed by atoms with Gasteiger partial charge in [-0.25, -0.2) is 0 Å². The van der Waals surface area contributed by atoms with Gasteiger partial charge in [0.1, 0.15) is 5.75 Å². The molecule has 0 unspecified atom stereocenters. The maximum Gasteiger partial charge on any atom is 0.136 e. The lowest BCUT2D eigenvalue weighted by Crippen LogP contribution is -1.72. The summed E-state index contributed by atoms with van der Waals surface area (Å²) in [6.45, 7) is 1.88. The molecular weight excluding hydrogens is 170 g/mol. The third-order valence-corrected chi connectivity index (χ3v) is 2.87. The minimum atomic E-state index is 0.356. The van der Waals surface area contributed by atoms with Crippen LogP contribution < -0.4 is 5.73 Å². The first-order valence-electron chi connectivity index (χ1n) is 3.66. The van der Waals surface area contributed by atoms with E-state index in [-0.39, 0.29) is 0 Å². The van der Waals surface area contributed by atoms with Gasteiger partial charge in [-0.15, -0.1) is 11.3 Å². The van der Waals surface area contributed by atoms with Crippen molar-refractivity contribution in [1.82, 2.24) is 0 Å². The lowest BCUT2D eigenvalue weighted by Gasteiger charge is -1.97. The molecule has 1 aromatic carbocycles. The third-order valence-electron chi connectivity index (χ3n) is 1.88. The lowest BCUT2D eigenvalue weighted by atomic mass is 10.2. The van der Waals surface area contributed by atoms with Crippen molar-refractivity contribution in [2.75, 3.05) is 5.73 Å². The zero-order chi connectivity index (χ0) is 8.72. The molecular formula is C9H9NOS. The fourth-order valence-corrected chi connectivity index (χ4v) is 2.13. The van der Waals surface area contributed by atoms with Gasteiger partial charge < -0.3 is 10.8 Å². The first-order chi connectivity index (χ1) is 5.68. The van der Waals surface area contributed by atoms with E-state index in [0.29, 0.717) is 5.75 Å².